The second-order valence-corrected chi connectivity index (χ2v) is 11.1. The Morgan fingerprint density at radius 2 is 1.74 bits per heavy atom. The molecule has 3 aromatic carbocycles. The zero-order valence-corrected chi connectivity index (χ0v) is 23.3. The summed E-state index contributed by atoms with van der Waals surface area (Å²) in [5.74, 6) is 6.95. The summed E-state index contributed by atoms with van der Waals surface area (Å²) >= 11 is 0. The summed E-state index contributed by atoms with van der Waals surface area (Å²) in [4.78, 5) is 18.9. The van der Waals surface area contributed by atoms with E-state index >= 15 is 0 Å². The molecule has 4 N–H and O–H groups in total. The van der Waals surface area contributed by atoms with Crippen LogP contribution in [0.25, 0.3) is 0 Å². The van der Waals surface area contributed by atoms with Crippen molar-refractivity contribution in [2.75, 3.05) is 19.1 Å². The van der Waals surface area contributed by atoms with Crippen molar-refractivity contribution >= 4 is 11.6 Å². The van der Waals surface area contributed by atoms with Crippen molar-refractivity contribution in [3.63, 3.8) is 0 Å². The van der Waals surface area contributed by atoms with E-state index in [1.807, 2.05) is 35.2 Å². The van der Waals surface area contributed by atoms with Gasteiger partial charge in [0.1, 0.15) is 5.75 Å². The molecule has 0 aliphatic carbocycles. The van der Waals surface area contributed by atoms with E-state index in [1.165, 1.54) is 10.6 Å². The fraction of sp³-hybridized carbons (Fsp3) is 0.344. The first-order valence-electron chi connectivity index (χ1n) is 13.5. The molecule has 1 spiro atoms. The minimum atomic E-state index is -0.670. The zero-order valence-electron chi connectivity index (χ0n) is 23.3. The Morgan fingerprint density at radius 1 is 1.05 bits per heavy atom. The molecule has 204 valence electrons. The summed E-state index contributed by atoms with van der Waals surface area (Å²) < 4.78 is 5.33. The lowest BCUT2D eigenvalue weighted by molar-refractivity contribution is -0.126. The van der Waals surface area contributed by atoms with Gasteiger partial charge in [-0.05, 0) is 61.6 Å². The van der Waals surface area contributed by atoms with Crippen LogP contribution in [0.15, 0.2) is 84.7 Å². The van der Waals surface area contributed by atoms with Crippen molar-refractivity contribution in [1.82, 2.24) is 9.91 Å². The first-order chi connectivity index (χ1) is 18.7. The van der Waals surface area contributed by atoms with Gasteiger partial charge in [-0.3, -0.25) is 9.69 Å². The van der Waals surface area contributed by atoms with E-state index in [-0.39, 0.29) is 18.0 Å². The second-order valence-electron chi connectivity index (χ2n) is 11.1. The molecule has 2 heterocycles. The van der Waals surface area contributed by atoms with Crippen LogP contribution >= 0.6 is 0 Å². The predicted octanol–water partition coefficient (Wildman–Crippen LogP) is 4.45. The van der Waals surface area contributed by atoms with Gasteiger partial charge in [0.25, 0.3) is 0 Å². The number of amides is 1. The molecule has 0 bridgehead atoms. The minimum absolute atomic E-state index is 0.109. The third-order valence-electron chi connectivity index (χ3n) is 8.21. The average molecular weight is 526 g/mol. The number of hydrogen-bond donors (Lipinski definition) is 2. The standard InChI is InChI=1S/C32H39N5O2/c1-22-10-15-29-27(16-22)32(31(38)37(29)20-25-11-13-26(39-4)14-12-25)17-23(2)36(19-24-8-6-5-7-9-24)30(18-32)28(33)21-35(3)34/h5-16,21,23,30H,17-20,33-34H2,1-4H3/b28-21-. The average Bonchev–Trinajstić information content (AvgIpc) is 3.12. The number of methoxy groups -OCH3 is 1. The van der Waals surface area contributed by atoms with Gasteiger partial charge >= 0.3 is 0 Å². The van der Waals surface area contributed by atoms with Gasteiger partial charge in [-0.1, -0.05) is 60.2 Å². The van der Waals surface area contributed by atoms with E-state index in [0.717, 1.165) is 41.1 Å². The first-order valence-corrected chi connectivity index (χ1v) is 13.5. The lowest BCUT2D eigenvalue weighted by atomic mass is 9.68. The summed E-state index contributed by atoms with van der Waals surface area (Å²) in [6.07, 6.45) is 3.09. The summed E-state index contributed by atoms with van der Waals surface area (Å²) in [5, 5.41) is 1.49. The molecular weight excluding hydrogens is 486 g/mol. The van der Waals surface area contributed by atoms with Gasteiger partial charge in [-0.15, -0.1) is 0 Å². The van der Waals surface area contributed by atoms with Gasteiger partial charge in [-0.25, -0.2) is 5.84 Å². The molecule has 3 aromatic rings. The van der Waals surface area contributed by atoms with Crippen LogP contribution in [0.3, 0.4) is 0 Å². The van der Waals surface area contributed by atoms with E-state index in [4.69, 9.17) is 16.3 Å². The van der Waals surface area contributed by atoms with Gasteiger partial charge in [0.2, 0.25) is 5.91 Å². The Kier molecular flexibility index (Phi) is 7.38. The summed E-state index contributed by atoms with van der Waals surface area (Å²) in [6.45, 7) is 5.55. The number of likely N-dealkylation sites (tertiary alicyclic amines) is 1. The minimum Gasteiger partial charge on any atom is -0.497 e. The van der Waals surface area contributed by atoms with E-state index in [1.54, 1.807) is 20.4 Å². The maximum absolute atomic E-state index is 14.6. The maximum atomic E-state index is 14.6. The van der Waals surface area contributed by atoms with Crippen LogP contribution < -0.4 is 21.2 Å². The van der Waals surface area contributed by atoms with Crippen molar-refractivity contribution in [2.24, 2.45) is 11.6 Å². The lowest BCUT2D eigenvalue weighted by Crippen LogP contribution is -2.57. The van der Waals surface area contributed by atoms with Gasteiger partial charge in [0, 0.05) is 37.2 Å². The number of nitrogens with zero attached hydrogens (tertiary/aromatic N) is 3. The SMILES string of the molecule is COc1ccc(CN2C(=O)C3(CC(C)N(Cc4ccccc4)C(/C(N)=C/N(C)N)C3)c3cc(C)ccc32)cc1. The molecule has 0 aromatic heterocycles. The molecule has 2 aliphatic rings. The molecule has 7 heteroatoms. The smallest absolute Gasteiger partial charge is 0.238 e. The van der Waals surface area contributed by atoms with Crippen LogP contribution in [0.4, 0.5) is 5.69 Å². The largest absolute Gasteiger partial charge is 0.497 e. The van der Waals surface area contributed by atoms with Crippen LogP contribution in [0.5, 0.6) is 5.75 Å². The normalized spacial score (nSPS) is 23.3. The van der Waals surface area contributed by atoms with Crippen LogP contribution in [-0.4, -0.2) is 42.1 Å². The number of benzene rings is 3. The predicted molar refractivity (Wildman–Crippen MR) is 156 cm³/mol. The Labute approximate surface area is 231 Å². The molecule has 1 fully saturated rings. The number of hydrazine groups is 1. The molecule has 1 saturated heterocycles. The number of ether oxygens (including phenoxy) is 1. The monoisotopic (exact) mass is 525 g/mol. The lowest BCUT2D eigenvalue weighted by Gasteiger charge is -2.48. The highest BCUT2D eigenvalue weighted by molar-refractivity contribution is 6.08. The van der Waals surface area contributed by atoms with Crippen molar-refractivity contribution in [3.05, 3.63) is 107 Å². The van der Waals surface area contributed by atoms with Crippen LogP contribution in [0, 0.1) is 6.92 Å². The van der Waals surface area contributed by atoms with Crippen molar-refractivity contribution in [1.29, 1.82) is 0 Å². The van der Waals surface area contributed by atoms with Gasteiger partial charge < -0.3 is 20.4 Å². The highest BCUT2D eigenvalue weighted by Crippen LogP contribution is 2.52. The first kappa shape index (κ1) is 26.8. The number of carbonyl (C=O) groups excluding carboxylic acids is 1. The van der Waals surface area contributed by atoms with Crippen LogP contribution in [0.1, 0.15) is 42.0 Å². The molecule has 3 unspecified atom stereocenters. The summed E-state index contributed by atoms with van der Waals surface area (Å²) in [5.41, 5.74) is 12.3. The third kappa shape index (κ3) is 5.12. The number of hydrogen-bond acceptors (Lipinski definition) is 6. The topological polar surface area (TPSA) is 88.1 Å². The highest BCUT2D eigenvalue weighted by Gasteiger charge is 2.56. The van der Waals surface area contributed by atoms with E-state index in [2.05, 4.69) is 61.2 Å². The molecule has 2 aliphatic heterocycles. The number of fused-ring (bicyclic) bond motifs is 2. The maximum Gasteiger partial charge on any atom is 0.238 e. The van der Waals surface area contributed by atoms with Gasteiger partial charge in [0.05, 0.1) is 25.1 Å². The fourth-order valence-electron chi connectivity index (χ4n) is 6.37. The Hall–Kier alpha value is -3.81. The van der Waals surface area contributed by atoms with Crippen molar-refractivity contribution in [3.8, 4) is 5.75 Å². The molecule has 0 saturated carbocycles. The van der Waals surface area contributed by atoms with Crippen molar-refractivity contribution in [2.45, 2.75) is 57.3 Å². The zero-order chi connectivity index (χ0) is 27.7. The van der Waals surface area contributed by atoms with Crippen molar-refractivity contribution < 1.29 is 9.53 Å². The third-order valence-corrected chi connectivity index (χ3v) is 8.21. The Balaban J connectivity index is 1.55. The molecule has 5 rings (SSSR count). The molecule has 3 atom stereocenters. The van der Waals surface area contributed by atoms with E-state index in [9.17, 15) is 4.79 Å². The van der Waals surface area contributed by atoms with Crippen LogP contribution in [-0.2, 0) is 23.3 Å². The van der Waals surface area contributed by atoms with E-state index < -0.39 is 5.41 Å². The molecule has 0 radical (unpaired) electrons. The van der Waals surface area contributed by atoms with Crippen LogP contribution in [0.2, 0.25) is 0 Å². The summed E-state index contributed by atoms with van der Waals surface area (Å²) in [6, 6.07) is 24.7. The number of piperidine rings is 1. The summed E-state index contributed by atoms with van der Waals surface area (Å²) in [7, 11) is 3.43. The number of anilines is 1. The van der Waals surface area contributed by atoms with Gasteiger partial charge in [-0.2, -0.15) is 0 Å². The second kappa shape index (κ2) is 10.8. The molecule has 7 nitrogen and oxygen atoms in total. The van der Waals surface area contributed by atoms with Gasteiger partial charge in [0.15, 0.2) is 0 Å². The molecular formula is C32H39N5O2. The Morgan fingerprint density at radius 3 is 2.41 bits per heavy atom. The molecule has 1 amide bonds. The number of carbonyl (C=O) groups is 1. The number of aryl methyl sites for hydroxylation is 1. The number of nitrogens with two attached hydrogens (primary N) is 2. The quantitative estimate of drug-likeness (QED) is 0.350. The molecule has 39 heavy (non-hydrogen) atoms. The number of rotatable bonds is 7. The fourth-order valence-corrected chi connectivity index (χ4v) is 6.37. The highest BCUT2D eigenvalue weighted by atomic mass is 16.5. The Bertz CT molecular complexity index is 1350. The van der Waals surface area contributed by atoms with E-state index in [0.29, 0.717) is 18.7 Å².